The molecule has 0 spiro atoms. The lowest BCUT2D eigenvalue weighted by Crippen LogP contribution is -2.35. The Balaban J connectivity index is 1.54. The summed E-state index contributed by atoms with van der Waals surface area (Å²) in [6, 6.07) is 0. The summed E-state index contributed by atoms with van der Waals surface area (Å²) in [6.45, 7) is 2.20. The number of aliphatic hydroxyl groups is 2. The summed E-state index contributed by atoms with van der Waals surface area (Å²) in [5.41, 5.74) is 1.44. The third-order valence-corrected chi connectivity index (χ3v) is 7.01. The van der Waals surface area contributed by atoms with Gasteiger partial charge in [0.1, 0.15) is 0 Å². The third kappa shape index (κ3) is 4.01. The first-order valence-corrected chi connectivity index (χ1v) is 9.87. The number of carbonyl (C=O) groups is 1. The molecule has 0 radical (unpaired) electrons. The lowest BCUT2D eigenvalue weighted by atomic mass is 9.67. The van der Waals surface area contributed by atoms with Crippen molar-refractivity contribution in [2.24, 2.45) is 35.5 Å². The van der Waals surface area contributed by atoms with Crippen LogP contribution in [0, 0.1) is 35.5 Å². The van der Waals surface area contributed by atoms with E-state index in [1.165, 1.54) is 12.0 Å². The second kappa shape index (κ2) is 8.05. The number of carboxylic acids is 1. The molecule has 0 amide bonds. The number of aliphatic hydroxyl groups excluding tert-OH is 2. The van der Waals surface area contributed by atoms with Crippen LogP contribution in [0.2, 0.25) is 0 Å². The Kier molecular flexibility index (Phi) is 6.00. The largest absolute Gasteiger partial charge is 0.481 e. The molecule has 3 aliphatic rings. The Morgan fingerprint density at radius 3 is 2.72 bits per heavy atom. The van der Waals surface area contributed by atoms with Gasteiger partial charge in [-0.25, -0.2) is 0 Å². The lowest BCUT2D eigenvalue weighted by molar-refractivity contribution is -0.146. The molecule has 0 aliphatic heterocycles. The van der Waals surface area contributed by atoms with Gasteiger partial charge in [0.2, 0.25) is 0 Å². The standard InChI is InChI=1S/C21H32O4/c1-13-7-8-16(13)18(21(24)25)5-2-4-14-10-15-12-20(23)17(6-3-9-22)19(15)11-14/h3-4,6,13,15-20,22-23H,2,5,7-12H2,1H3,(H,24,25)/t13?,15-,16?,17-,18?,19+,20-/m1/s1. The molecule has 140 valence electrons. The smallest absolute Gasteiger partial charge is 0.306 e. The minimum Gasteiger partial charge on any atom is -0.481 e. The van der Waals surface area contributed by atoms with Crippen molar-refractivity contribution in [3.8, 4) is 0 Å². The summed E-state index contributed by atoms with van der Waals surface area (Å²) in [4.78, 5) is 11.6. The lowest BCUT2D eigenvalue weighted by Gasteiger charge is -2.38. The highest BCUT2D eigenvalue weighted by molar-refractivity contribution is 5.70. The number of hydrogen-bond acceptors (Lipinski definition) is 3. The van der Waals surface area contributed by atoms with E-state index in [-0.39, 0.29) is 24.5 Å². The van der Waals surface area contributed by atoms with Crippen LogP contribution in [-0.2, 0) is 4.79 Å². The zero-order chi connectivity index (χ0) is 18.0. The van der Waals surface area contributed by atoms with Crippen molar-refractivity contribution >= 4 is 5.97 Å². The molecule has 3 unspecified atom stereocenters. The molecular weight excluding hydrogens is 316 g/mol. The highest BCUT2D eigenvalue weighted by Gasteiger charge is 2.45. The Hall–Kier alpha value is -1.13. The Bertz CT molecular complexity index is 538. The summed E-state index contributed by atoms with van der Waals surface area (Å²) in [5, 5.41) is 28.7. The van der Waals surface area contributed by atoms with Gasteiger partial charge in [-0.2, -0.15) is 0 Å². The summed E-state index contributed by atoms with van der Waals surface area (Å²) >= 11 is 0. The van der Waals surface area contributed by atoms with Gasteiger partial charge in [0.15, 0.2) is 0 Å². The Morgan fingerprint density at radius 1 is 1.32 bits per heavy atom. The van der Waals surface area contributed by atoms with Gasteiger partial charge in [0.25, 0.3) is 0 Å². The molecule has 7 atom stereocenters. The fourth-order valence-corrected chi connectivity index (χ4v) is 5.44. The number of rotatable bonds is 7. The molecule has 0 aromatic rings. The molecule has 0 heterocycles. The highest BCUT2D eigenvalue weighted by atomic mass is 16.4. The van der Waals surface area contributed by atoms with E-state index in [4.69, 9.17) is 5.11 Å². The monoisotopic (exact) mass is 348 g/mol. The molecular formula is C21H32O4. The molecule has 25 heavy (non-hydrogen) atoms. The number of hydrogen-bond donors (Lipinski definition) is 3. The van der Waals surface area contributed by atoms with Crippen molar-refractivity contribution < 1.29 is 20.1 Å². The van der Waals surface area contributed by atoms with Crippen molar-refractivity contribution in [1.29, 1.82) is 0 Å². The van der Waals surface area contributed by atoms with Gasteiger partial charge in [0, 0.05) is 5.92 Å². The van der Waals surface area contributed by atoms with Gasteiger partial charge >= 0.3 is 5.97 Å². The van der Waals surface area contributed by atoms with Crippen molar-refractivity contribution in [3.05, 3.63) is 23.8 Å². The van der Waals surface area contributed by atoms with Crippen LogP contribution in [0.25, 0.3) is 0 Å². The predicted molar refractivity (Wildman–Crippen MR) is 96.9 cm³/mol. The Morgan fingerprint density at radius 2 is 2.12 bits per heavy atom. The van der Waals surface area contributed by atoms with Crippen LogP contribution in [0.5, 0.6) is 0 Å². The summed E-state index contributed by atoms with van der Waals surface area (Å²) in [7, 11) is 0. The minimum atomic E-state index is -0.629. The molecule has 3 rings (SSSR count). The van der Waals surface area contributed by atoms with E-state index < -0.39 is 5.97 Å². The van der Waals surface area contributed by atoms with Crippen molar-refractivity contribution in [2.45, 2.75) is 58.0 Å². The second-order valence-electron chi connectivity index (χ2n) is 8.43. The fourth-order valence-electron chi connectivity index (χ4n) is 5.44. The van der Waals surface area contributed by atoms with Crippen LogP contribution >= 0.6 is 0 Å². The molecule has 4 nitrogen and oxygen atoms in total. The van der Waals surface area contributed by atoms with Gasteiger partial charge < -0.3 is 15.3 Å². The SMILES string of the molecule is CC1CCC1C(CCC=C1C[C@@H]2C[C@@H](O)[C@H](C=CCO)[C@H]2C1)C(=O)O. The van der Waals surface area contributed by atoms with E-state index in [1.807, 2.05) is 6.08 Å². The van der Waals surface area contributed by atoms with Crippen LogP contribution in [0.15, 0.2) is 23.8 Å². The van der Waals surface area contributed by atoms with E-state index in [0.717, 1.165) is 38.5 Å². The van der Waals surface area contributed by atoms with Gasteiger partial charge in [0.05, 0.1) is 18.6 Å². The van der Waals surface area contributed by atoms with Crippen LogP contribution in [0.3, 0.4) is 0 Å². The van der Waals surface area contributed by atoms with Gasteiger partial charge in [-0.1, -0.05) is 37.1 Å². The first-order valence-electron chi connectivity index (χ1n) is 9.87. The van der Waals surface area contributed by atoms with Crippen molar-refractivity contribution in [1.82, 2.24) is 0 Å². The summed E-state index contributed by atoms with van der Waals surface area (Å²) in [5.74, 6) is 1.27. The van der Waals surface area contributed by atoms with E-state index in [9.17, 15) is 15.0 Å². The number of carboxylic acid groups (broad SMARTS) is 1. The molecule has 3 N–H and O–H groups in total. The van der Waals surface area contributed by atoms with Crippen LogP contribution in [0.1, 0.15) is 51.9 Å². The summed E-state index contributed by atoms with van der Waals surface area (Å²) < 4.78 is 0. The third-order valence-electron chi connectivity index (χ3n) is 7.01. The van der Waals surface area contributed by atoms with Gasteiger partial charge in [-0.3, -0.25) is 4.79 Å². The van der Waals surface area contributed by atoms with Gasteiger partial charge in [-0.15, -0.1) is 0 Å². The first kappa shape index (κ1) is 18.7. The normalized spacial score (nSPS) is 40.4. The molecule has 3 fully saturated rings. The van der Waals surface area contributed by atoms with Crippen molar-refractivity contribution in [2.75, 3.05) is 6.61 Å². The number of fused-ring (bicyclic) bond motifs is 1. The van der Waals surface area contributed by atoms with E-state index in [1.54, 1.807) is 6.08 Å². The maximum absolute atomic E-state index is 11.6. The van der Waals surface area contributed by atoms with Crippen LogP contribution < -0.4 is 0 Å². The van der Waals surface area contributed by atoms with Crippen LogP contribution in [0.4, 0.5) is 0 Å². The molecule has 0 aromatic carbocycles. The molecule has 0 aromatic heterocycles. The average Bonchev–Trinajstić information content (AvgIpc) is 3.07. The quantitative estimate of drug-likeness (QED) is 0.616. The Labute approximate surface area is 150 Å². The minimum absolute atomic E-state index is 0.0273. The maximum atomic E-state index is 11.6. The van der Waals surface area contributed by atoms with Gasteiger partial charge in [-0.05, 0) is 62.2 Å². The zero-order valence-corrected chi connectivity index (χ0v) is 15.2. The molecule has 3 saturated carbocycles. The molecule has 0 saturated heterocycles. The fraction of sp³-hybridized carbons (Fsp3) is 0.762. The zero-order valence-electron chi connectivity index (χ0n) is 15.2. The second-order valence-corrected chi connectivity index (χ2v) is 8.43. The van der Waals surface area contributed by atoms with Crippen molar-refractivity contribution in [3.63, 3.8) is 0 Å². The maximum Gasteiger partial charge on any atom is 0.306 e. The van der Waals surface area contributed by atoms with Crippen LogP contribution in [-0.4, -0.2) is 34.0 Å². The topological polar surface area (TPSA) is 77.8 Å². The molecule has 4 heteroatoms. The number of aliphatic carboxylic acids is 1. The predicted octanol–water partition coefficient (Wildman–Crippen LogP) is 3.40. The summed E-state index contributed by atoms with van der Waals surface area (Å²) in [6.07, 6.45) is 12.5. The molecule has 3 aliphatic carbocycles. The molecule has 0 bridgehead atoms. The highest BCUT2D eigenvalue weighted by Crippen LogP contribution is 2.50. The average molecular weight is 348 g/mol. The first-order chi connectivity index (χ1) is 12.0. The van der Waals surface area contributed by atoms with E-state index >= 15 is 0 Å². The number of allylic oxidation sites excluding steroid dienone is 2. The van der Waals surface area contributed by atoms with E-state index in [2.05, 4.69) is 13.0 Å². The van der Waals surface area contributed by atoms with E-state index in [0.29, 0.717) is 23.7 Å².